The highest BCUT2D eigenvalue weighted by Gasteiger charge is 2.63. The number of benzene rings is 4. The van der Waals surface area contributed by atoms with E-state index < -0.39 is 0 Å². The number of fused-ring (bicyclic) bond motifs is 6. The molecule has 0 radical (unpaired) electrons. The van der Waals surface area contributed by atoms with E-state index in [2.05, 4.69) is 111 Å². The molecule has 2 aliphatic carbocycles. The zero-order valence-electron chi connectivity index (χ0n) is 21.9. The van der Waals surface area contributed by atoms with Gasteiger partial charge in [0.15, 0.2) is 0 Å². The van der Waals surface area contributed by atoms with Gasteiger partial charge < -0.3 is 10.2 Å². The van der Waals surface area contributed by atoms with Crippen molar-refractivity contribution < 1.29 is 10.2 Å². The van der Waals surface area contributed by atoms with Crippen LogP contribution in [0.3, 0.4) is 0 Å². The molecule has 0 atom stereocenters. The largest absolute Gasteiger partial charge is 0.396 e. The summed E-state index contributed by atoms with van der Waals surface area (Å²) in [5, 5.41) is 20.3. The molecule has 0 amide bonds. The number of aliphatic hydroxyl groups excluding tert-OH is 2. The summed E-state index contributed by atoms with van der Waals surface area (Å²) in [6.07, 6.45) is 3.17. The minimum atomic E-state index is -0.317. The number of hydrogen-bond donors (Lipinski definition) is 2. The number of hydrogen-bond acceptors (Lipinski definition) is 2. The summed E-state index contributed by atoms with van der Waals surface area (Å²) in [6, 6.07) is 35.6. The van der Waals surface area contributed by atoms with Gasteiger partial charge in [-0.2, -0.15) is 0 Å². The molecule has 0 spiro atoms. The van der Waals surface area contributed by atoms with Crippen molar-refractivity contribution in [1.82, 2.24) is 0 Å². The van der Waals surface area contributed by atoms with Crippen LogP contribution < -0.4 is 0 Å². The lowest BCUT2D eigenvalue weighted by Crippen LogP contribution is -2.55. The maximum atomic E-state index is 10.2. The fraction of sp³-hybridized carbons (Fsp3) is 0.314. The summed E-state index contributed by atoms with van der Waals surface area (Å²) in [5.74, 6) is 0. The van der Waals surface area contributed by atoms with Gasteiger partial charge >= 0.3 is 0 Å². The molecule has 6 rings (SSSR count). The Kier molecular flexibility index (Phi) is 5.86. The molecule has 0 saturated carbocycles. The lowest BCUT2D eigenvalue weighted by Gasteiger charge is -2.57. The molecule has 2 nitrogen and oxygen atoms in total. The molecule has 188 valence electrons. The van der Waals surface area contributed by atoms with E-state index >= 15 is 0 Å². The van der Waals surface area contributed by atoms with Crippen molar-refractivity contribution in [3.05, 3.63) is 119 Å². The van der Waals surface area contributed by atoms with Crippen molar-refractivity contribution in [3.8, 4) is 22.3 Å². The van der Waals surface area contributed by atoms with Crippen LogP contribution in [-0.4, -0.2) is 23.4 Å². The molecule has 0 heterocycles. The minimum Gasteiger partial charge on any atom is -0.396 e. The standard InChI is InChI=1S/C35H36O2/c1-33(2,34(21-11-23-36)29-17-7-3-13-25(29)26-14-4-8-18-30(26)34)35(22-12-24-37)31-19-9-5-15-27(31)28-16-6-10-20-32(28)35/h3-10,13-20,36-37H,11-12,21-24H2,1-2H3. The molecule has 0 unspecified atom stereocenters. The Hall–Kier alpha value is -3.20. The van der Waals surface area contributed by atoms with Gasteiger partial charge in [-0.05, 0) is 75.6 Å². The van der Waals surface area contributed by atoms with E-state index in [-0.39, 0.29) is 29.5 Å². The third kappa shape index (κ3) is 3.06. The molecule has 37 heavy (non-hydrogen) atoms. The zero-order chi connectivity index (χ0) is 25.7. The molecule has 4 aromatic rings. The van der Waals surface area contributed by atoms with Crippen molar-refractivity contribution in [2.75, 3.05) is 13.2 Å². The van der Waals surface area contributed by atoms with Gasteiger partial charge in [0, 0.05) is 24.0 Å². The predicted octanol–water partition coefficient (Wildman–Crippen LogP) is 7.49. The molecule has 2 N–H and O–H groups in total. The number of aliphatic hydroxyl groups is 2. The maximum absolute atomic E-state index is 10.2. The Labute approximate surface area is 220 Å². The smallest absolute Gasteiger partial charge is 0.0431 e. The van der Waals surface area contributed by atoms with Crippen LogP contribution in [0.25, 0.3) is 22.3 Å². The molecule has 0 saturated heterocycles. The Morgan fingerprint density at radius 1 is 0.486 bits per heavy atom. The summed E-state index contributed by atoms with van der Waals surface area (Å²) in [7, 11) is 0. The Morgan fingerprint density at radius 3 is 1.03 bits per heavy atom. The average Bonchev–Trinajstić information content (AvgIpc) is 3.40. The van der Waals surface area contributed by atoms with Gasteiger partial charge in [0.2, 0.25) is 0 Å². The van der Waals surface area contributed by atoms with Crippen LogP contribution in [0.5, 0.6) is 0 Å². The molecule has 0 aromatic heterocycles. The van der Waals surface area contributed by atoms with Gasteiger partial charge in [-0.1, -0.05) is 111 Å². The second-order valence-corrected chi connectivity index (χ2v) is 11.3. The van der Waals surface area contributed by atoms with E-state index in [1.54, 1.807) is 0 Å². The first-order chi connectivity index (χ1) is 18.0. The lowest BCUT2D eigenvalue weighted by atomic mass is 9.45. The summed E-state index contributed by atoms with van der Waals surface area (Å²) in [5.41, 5.74) is 9.74. The second kappa shape index (κ2) is 8.97. The third-order valence-corrected chi connectivity index (χ3v) is 9.68. The first-order valence-corrected chi connectivity index (χ1v) is 13.6. The van der Waals surface area contributed by atoms with Crippen LogP contribution in [0.4, 0.5) is 0 Å². The second-order valence-electron chi connectivity index (χ2n) is 11.3. The Morgan fingerprint density at radius 2 is 0.757 bits per heavy atom. The molecule has 2 aliphatic rings. The fourth-order valence-electron chi connectivity index (χ4n) is 8.21. The molecular formula is C35H36O2. The van der Waals surface area contributed by atoms with E-state index in [1.807, 2.05) is 0 Å². The highest BCUT2D eigenvalue weighted by Crippen LogP contribution is 2.70. The molecule has 0 fully saturated rings. The van der Waals surface area contributed by atoms with E-state index in [1.165, 1.54) is 44.5 Å². The summed E-state index contributed by atoms with van der Waals surface area (Å²) in [6.45, 7) is 5.25. The molecule has 4 aromatic carbocycles. The highest BCUT2D eigenvalue weighted by atomic mass is 16.3. The van der Waals surface area contributed by atoms with Crippen LogP contribution in [0.2, 0.25) is 0 Å². The highest BCUT2D eigenvalue weighted by molar-refractivity contribution is 5.85. The van der Waals surface area contributed by atoms with Gasteiger partial charge in [-0.15, -0.1) is 0 Å². The fourth-order valence-corrected chi connectivity index (χ4v) is 8.21. The van der Waals surface area contributed by atoms with Gasteiger partial charge in [-0.3, -0.25) is 0 Å². The Balaban J connectivity index is 1.73. The van der Waals surface area contributed by atoms with Crippen LogP contribution in [0, 0.1) is 5.41 Å². The van der Waals surface area contributed by atoms with Crippen molar-refractivity contribution in [1.29, 1.82) is 0 Å². The van der Waals surface area contributed by atoms with E-state index in [4.69, 9.17) is 0 Å². The molecule has 2 heteroatoms. The summed E-state index contributed by atoms with van der Waals surface area (Å²) >= 11 is 0. The van der Waals surface area contributed by atoms with E-state index in [0.29, 0.717) is 0 Å². The predicted molar refractivity (Wildman–Crippen MR) is 152 cm³/mol. The van der Waals surface area contributed by atoms with Crippen LogP contribution >= 0.6 is 0 Å². The van der Waals surface area contributed by atoms with E-state index in [9.17, 15) is 10.2 Å². The van der Waals surface area contributed by atoms with Crippen molar-refractivity contribution >= 4 is 0 Å². The molecule has 0 bridgehead atoms. The topological polar surface area (TPSA) is 40.5 Å². The molecular weight excluding hydrogens is 452 g/mol. The third-order valence-electron chi connectivity index (χ3n) is 9.68. The Bertz CT molecular complexity index is 1250. The zero-order valence-corrected chi connectivity index (χ0v) is 21.9. The quantitative estimate of drug-likeness (QED) is 0.270. The van der Waals surface area contributed by atoms with Crippen LogP contribution in [0.1, 0.15) is 61.8 Å². The number of rotatable bonds is 8. The SMILES string of the molecule is CC(C)(C1(CCCO)c2ccccc2-c2ccccc21)C1(CCCO)c2ccccc2-c2ccccc21. The lowest BCUT2D eigenvalue weighted by molar-refractivity contribution is 0.0768. The first kappa shape index (κ1) is 24.2. The van der Waals surface area contributed by atoms with Gasteiger partial charge in [0.25, 0.3) is 0 Å². The first-order valence-electron chi connectivity index (χ1n) is 13.6. The van der Waals surface area contributed by atoms with Crippen molar-refractivity contribution in [2.24, 2.45) is 5.41 Å². The van der Waals surface area contributed by atoms with Crippen LogP contribution in [0.15, 0.2) is 97.1 Å². The van der Waals surface area contributed by atoms with Gasteiger partial charge in [0.05, 0.1) is 0 Å². The minimum absolute atomic E-state index is 0.166. The van der Waals surface area contributed by atoms with Crippen molar-refractivity contribution in [3.63, 3.8) is 0 Å². The molecule has 0 aliphatic heterocycles. The van der Waals surface area contributed by atoms with Gasteiger partial charge in [0.1, 0.15) is 0 Å². The summed E-state index contributed by atoms with van der Waals surface area (Å²) in [4.78, 5) is 0. The van der Waals surface area contributed by atoms with Crippen LogP contribution in [-0.2, 0) is 10.8 Å². The van der Waals surface area contributed by atoms with Gasteiger partial charge in [-0.25, -0.2) is 0 Å². The normalized spacial score (nSPS) is 16.1. The monoisotopic (exact) mass is 488 g/mol. The van der Waals surface area contributed by atoms with E-state index in [0.717, 1.165) is 25.7 Å². The summed E-state index contributed by atoms with van der Waals surface area (Å²) < 4.78 is 0. The van der Waals surface area contributed by atoms with Crippen molar-refractivity contribution in [2.45, 2.75) is 50.4 Å². The maximum Gasteiger partial charge on any atom is 0.0431 e. The average molecular weight is 489 g/mol.